The minimum Gasteiger partial charge on any atom is -0.496 e. The number of amides is 1. The second-order valence-electron chi connectivity index (χ2n) is 4.89. The third-order valence-electron chi connectivity index (χ3n) is 3.36. The molecule has 7 heteroatoms. The maximum Gasteiger partial charge on any atom is 0.269 e. The van der Waals surface area contributed by atoms with Crippen LogP contribution in [0.5, 0.6) is 5.75 Å². The molecule has 6 nitrogen and oxygen atoms in total. The van der Waals surface area contributed by atoms with Gasteiger partial charge in [-0.15, -0.1) is 0 Å². The number of carbonyl (C=O) groups is 1. The van der Waals surface area contributed by atoms with Crippen LogP contribution in [0.15, 0.2) is 46.9 Å². The zero-order valence-corrected chi connectivity index (χ0v) is 14.2. The summed E-state index contributed by atoms with van der Waals surface area (Å²) in [5.41, 5.74) is 1.23. The van der Waals surface area contributed by atoms with Gasteiger partial charge in [0.15, 0.2) is 0 Å². The molecule has 0 saturated carbocycles. The number of carbonyl (C=O) groups excluding carboxylic acids is 1. The quantitative estimate of drug-likeness (QED) is 0.632. The molecule has 0 aliphatic heterocycles. The molecule has 120 valence electrons. The third kappa shape index (κ3) is 4.07. The van der Waals surface area contributed by atoms with E-state index in [0.717, 1.165) is 10.0 Å². The highest BCUT2D eigenvalue weighted by atomic mass is 79.9. The topological polar surface area (TPSA) is 81.5 Å². The van der Waals surface area contributed by atoms with E-state index < -0.39 is 4.92 Å². The summed E-state index contributed by atoms with van der Waals surface area (Å²) in [5.74, 6) is 0.419. The van der Waals surface area contributed by atoms with Gasteiger partial charge >= 0.3 is 0 Å². The van der Waals surface area contributed by atoms with Gasteiger partial charge in [0.1, 0.15) is 5.75 Å². The number of nitrogens with one attached hydrogen (secondary N) is 1. The van der Waals surface area contributed by atoms with E-state index in [-0.39, 0.29) is 17.6 Å². The first-order valence-electron chi connectivity index (χ1n) is 6.81. The standard InChI is InChI=1S/C16H15BrN2O4/c1-10(12-5-8-15(23-2)14(17)9-12)18-16(20)11-3-6-13(7-4-11)19(21)22/h3-10H,1-2H3,(H,18,20)/t10-/m1/s1. The van der Waals surface area contributed by atoms with Crippen molar-refractivity contribution in [3.05, 3.63) is 68.2 Å². The van der Waals surface area contributed by atoms with Crippen LogP contribution in [0, 0.1) is 10.1 Å². The van der Waals surface area contributed by atoms with Crippen LogP contribution in [0.1, 0.15) is 28.9 Å². The van der Waals surface area contributed by atoms with Gasteiger partial charge < -0.3 is 10.1 Å². The Labute approximate surface area is 141 Å². The van der Waals surface area contributed by atoms with Crippen LogP contribution in [0.2, 0.25) is 0 Å². The molecule has 2 rings (SSSR count). The van der Waals surface area contributed by atoms with Gasteiger partial charge in [0.25, 0.3) is 11.6 Å². The summed E-state index contributed by atoms with van der Waals surface area (Å²) in [4.78, 5) is 22.3. The highest BCUT2D eigenvalue weighted by Crippen LogP contribution is 2.28. The number of nitro groups is 1. The number of non-ortho nitro benzene ring substituents is 1. The lowest BCUT2D eigenvalue weighted by molar-refractivity contribution is -0.384. The van der Waals surface area contributed by atoms with Gasteiger partial charge in [0.2, 0.25) is 0 Å². The summed E-state index contributed by atoms with van der Waals surface area (Å²) in [7, 11) is 1.58. The van der Waals surface area contributed by atoms with Crippen molar-refractivity contribution in [2.45, 2.75) is 13.0 Å². The van der Waals surface area contributed by atoms with Gasteiger partial charge in [0.05, 0.1) is 22.5 Å². The minimum atomic E-state index is -0.501. The molecule has 0 unspecified atom stereocenters. The molecule has 0 radical (unpaired) electrons. The van der Waals surface area contributed by atoms with Crippen molar-refractivity contribution in [1.29, 1.82) is 0 Å². The van der Waals surface area contributed by atoms with Crippen molar-refractivity contribution in [2.24, 2.45) is 0 Å². The number of rotatable bonds is 5. The Balaban J connectivity index is 2.09. The van der Waals surface area contributed by atoms with E-state index in [1.807, 2.05) is 25.1 Å². The summed E-state index contributed by atoms with van der Waals surface area (Å²) >= 11 is 3.41. The maximum atomic E-state index is 12.2. The van der Waals surface area contributed by atoms with E-state index in [1.54, 1.807) is 7.11 Å². The van der Waals surface area contributed by atoms with Gasteiger partial charge in [-0.1, -0.05) is 6.07 Å². The Hall–Kier alpha value is -2.41. The van der Waals surface area contributed by atoms with E-state index >= 15 is 0 Å². The number of halogens is 1. The molecular weight excluding hydrogens is 364 g/mol. The average molecular weight is 379 g/mol. The number of hydrogen-bond donors (Lipinski definition) is 1. The van der Waals surface area contributed by atoms with Gasteiger partial charge in [-0.05, 0) is 52.7 Å². The minimum absolute atomic E-state index is 0.0475. The normalized spacial score (nSPS) is 11.6. The molecular formula is C16H15BrN2O4. The lowest BCUT2D eigenvalue weighted by Gasteiger charge is -2.15. The number of hydrogen-bond acceptors (Lipinski definition) is 4. The summed E-state index contributed by atoms with van der Waals surface area (Å²) in [5, 5.41) is 13.5. The molecule has 0 aromatic heterocycles. The Morgan fingerprint density at radius 3 is 2.43 bits per heavy atom. The van der Waals surface area contributed by atoms with Crippen molar-refractivity contribution in [2.75, 3.05) is 7.11 Å². The monoisotopic (exact) mass is 378 g/mol. The molecule has 0 bridgehead atoms. The van der Waals surface area contributed by atoms with Crippen LogP contribution >= 0.6 is 15.9 Å². The van der Waals surface area contributed by atoms with E-state index in [4.69, 9.17) is 4.74 Å². The fourth-order valence-electron chi connectivity index (χ4n) is 2.05. The first kappa shape index (κ1) is 17.0. The highest BCUT2D eigenvalue weighted by molar-refractivity contribution is 9.10. The molecule has 23 heavy (non-hydrogen) atoms. The summed E-state index contributed by atoms with van der Waals surface area (Å²) < 4.78 is 5.97. The second-order valence-corrected chi connectivity index (χ2v) is 5.75. The Morgan fingerprint density at radius 2 is 1.91 bits per heavy atom. The number of nitro benzene ring substituents is 1. The van der Waals surface area contributed by atoms with Crippen molar-refractivity contribution in [1.82, 2.24) is 5.32 Å². The van der Waals surface area contributed by atoms with E-state index in [0.29, 0.717) is 11.3 Å². The van der Waals surface area contributed by atoms with Crippen molar-refractivity contribution in [3.8, 4) is 5.75 Å². The van der Waals surface area contributed by atoms with Crippen LogP contribution < -0.4 is 10.1 Å². The van der Waals surface area contributed by atoms with Gasteiger partial charge in [-0.2, -0.15) is 0 Å². The fourth-order valence-corrected chi connectivity index (χ4v) is 2.61. The molecule has 0 aliphatic rings. The Morgan fingerprint density at radius 1 is 1.26 bits per heavy atom. The van der Waals surface area contributed by atoms with Crippen LogP contribution in [0.25, 0.3) is 0 Å². The average Bonchev–Trinajstić information content (AvgIpc) is 2.54. The van der Waals surface area contributed by atoms with Crippen LogP contribution in [0.4, 0.5) is 5.69 Å². The van der Waals surface area contributed by atoms with Gasteiger partial charge in [-0.25, -0.2) is 0 Å². The van der Waals surface area contributed by atoms with Crippen LogP contribution in [-0.2, 0) is 0 Å². The second kappa shape index (κ2) is 7.23. The molecule has 2 aromatic rings. The fraction of sp³-hybridized carbons (Fsp3) is 0.188. The molecule has 1 atom stereocenters. The predicted molar refractivity (Wildman–Crippen MR) is 89.7 cm³/mol. The molecule has 0 spiro atoms. The molecule has 2 aromatic carbocycles. The molecule has 0 fully saturated rings. The predicted octanol–water partition coefficient (Wildman–Crippen LogP) is 3.86. The molecule has 0 heterocycles. The highest BCUT2D eigenvalue weighted by Gasteiger charge is 2.14. The largest absolute Gasteiger partial charge is 0.496 e. The van der Waals surface area contributed by atoms with Gasteiger partial charge in [0, 0.05) is 17.7 Å². The lowest BCUT2D eigenvalue weighted by atomic mass is 10.1. The summed E-state index contributed by atoms with van der Waals surface area (Å²) in [6.07, 6.45) is 0. The van der Waals surface area contributed by atoms with E-state index in [9.17, 15) is 14.9 Å². The van der Waals surface area contributed by atoms with Crippen molar-refractivity contribution in [3.63, 3.8) is 0 Å². The first-order valence-corrected chi connectivity index (χ1v) is 7.60. The first-order chi connectivity index (χ1) is 10.9. The summed E-state index contributed by atoms with van der Waals surface area (Å²) in [6, 6.07) is 10.8. The number of benzene rings is 2. The van der Waals surface area contributed by atoms with Crippen molar-refractivity contribution < 1.29 is 14.5 Å². The number of ether oxygens (including phenoxy) is 1. The smallest absolute Gasteiger partial charge is 0.269 e. The molecule has 1 N–H and O–H groups in total. The third-order valence-corrected chi connectivity index (χ3v) is 3.98. The lowest BCUT2D eigenvalue weighted by Crippen LogP contribution is -2.26. The summed E-state index contributed by atoms with van der Waals surface area (Å²) in [6.45, 7) is 1.86. The van der Waals surface area contributed by atoms with Crippen molar-refractivity contribution >= 4 is 27.5 Å². The SMILES string of the molecule is COc1ccc([C@@H](C)NC(=O)c2ccc([N+](=O)[O-])cc2)cc1Br. The van der Waals surface area contributed by atoms with Crippen LogP contribution in [0.3, 0.4) is 0 Å². The zero-order valence-electron chi connectivity index (χ0n) is 12.6. The van der Waals surface area contributed by atoms with Crippen LogP contribution in [-0.4, -0.2) is 17.9 Å². The number of nitrogens with zero attached hydrogens (tertiary/aromatic N) is 1. The number of methoxy groups -OCH3 is 1. The molecule has 1 amide bonds. The zero-order chi connectivity index (χ0) is 17.0. The molecule has 0 aliphatic carbocycles. The Kier molecular flexibility index (Phi) is 5.33. The van der Waals surface area contributed by atoms with Gasteiger partial charge in [-0.3, -0.25) is 14.9 Å². The maximum absolute atomic E-state index is 12.2. The van der Waals surface area contributed by atoms with E-state index in [2.05, 4.69) is 21.2 Å². The Bertz CT molecular complexity index is 731. The van der Waals surface area contributed by atoms with E-state index in [1.165, 1.54) is 24.3 Å². The molecule has 0 saturated heterocycles.